The van der Waals surface area contributed by atoms with Crippen molar-refractivity contribution in [2.75, 3.05) is 0 Å². The second-order valence-corrected chi connectivity index (χ2v) is 4.28. The van der Waals surface area contributed by atoms with E-state index >= 15 is 0 Å². The van der Waals surface area contributed by atoms with Crippen molar-refractivity contribution in [3.63, 3.8) is 0 Å². The highest BCUT2D eigenvalue weighted by molar-refractivity contribution is 5.20. The highest BCUT2D eigenvalue weighted by atomic mass is 19.1. The van der Waals surface area contributed by atoms with Gasteiger partial charge in [-0.2, -0.15) is 0 Å². The van der Waals surface area contributed by atoms with Crippen LogP contribution in [0.4, 0.5) is 8.78 Å². The molecular weight excluding hydrogens is 208 g/mol. The Labute approximate surface area is 95.9 Å². The molecule has 0 fully saturated rings. The molecule has 1 rings (SSSR count). The van der Waals surface area contributed by atoms with Crippen molar-refractivity contribution < 1.29 is 8.78 Å². The summed E-state index contributed by atoms with van der Waals surface area (Å²) >= 11 is 0. The maximum atomic E-state index is 13.0. The molecule has 0 aliphatic heterocycles. The molecule has 90 valence electrons. The van der Waals surface area contributed by atoms with Gasteiger partial charge >= 0.3 is 0 Å². The number of rotatable bonds is 5. The Morgan fingerprint density at radius 3 is 2.19 bits per heavy atom. The molecule has 16 heavy (non-hydrogen) atoms. The molecule has 3 heteroatoms. The van der Waals surface area contributed by atoms with Gasteiger partial charge in [0.05, 0.1) is 0 Å². The minimum atomic E-state index is -0.521. The summed E-state index contributed by atoms with van der Waals surface area (Å²) in [4.78, 5) is 0. The fourth-order valence-corrected chi connectivity index (χ4v) is 1.86. The first-order valence-electron chi connectivity index (χ1n) is 5.75. The van der Waals surface area contributed by atoms with Crippen LogP contribution in [0.2, 0.25) is 0 Å². The number of hydrogen-bond acceptors (Lipinski definition) is 1. The summed E-state index contributed by atoms with van der Waals surface area (Å²) in [5.74, 6) is -1.04. The van der Waals surface area contributed by atoms with Crippen molar-refractivity contribution in [3.05, 3.63) is 35.4 Å². The van der Waals surface area contributed by atoms with Crippen LogP contribution in [0.15, 0.2) is 18.2 Å². The fraction of sp³-hybridized carbons (Fsp3) is 0.538. The van der Waals surface area contributed by atoms with Crippen molar-refractivity contribution in [2.24, 2.45) is 0 Å². The van der Waals surface area contributed by atoms with E-state index in [9.17, 15) is 8.78 Å². The second kappa shape index (κ2) is 5.94. The topological polar surface area (TPSA) is 12.0 Å². The van der Waals surface area contributed by atoms with Crippen LogP contribution in [0.1, 0.15) is 45.2 Å². The molecule has 0 amide bonds. The van der Waals surface area contributed by atoms with Gasteiger partial charge in [0.15, 0.2) is 0 Å². The van der Waals surface area contributed by atoms with Gasteiger partial charge in [-0.3, -0.25) is 0 Å². The number of benzene rings is 1. The molecule has 0 heterocycles. The van der Waals surface area contributed by atoms with Gasteiger partial charge in [-0.25, -0.2) is 8.78 Å². The third-order valence-electron chi connectivity index (χ3n) is 2.64. The molecule has 0 radical (unpaired) electrons. The summed E-state index contributed by atoms with van der Waals surface area (Å²) in [6, 6.07) is 3.96. The lowest BCUT2D eigenvalue weighted by Crippen LogP contribution is -2.28. The van der Waals surface area contributed by atoms with Crippen LogP contribution in [-0.4, -0.2) is 6.04 Å². The first-order chi connectivity index (χ1) is 7.52. The molecule has 0 saturated carbocycles. The lowest BCUT2D eigenvalue weighted by molar-refractivity contribution is 0.449. The molecule has 1 aromatic rings. The lowest BCUT2D eigenvalue weighted by Gasteiger charge is -2.20. The third-order valence-corrected chi connectivity index (χ3v) is 2.64. The van der Waals surface area contributed by atoms with E-state index in [4.69, 9.17) is 0 Å². The molecule has 0 aromatic heterocycles. The van der Waals surface area contributed by atoms with Crippen molar-refractivity contribution >= 4 is 0 Å². The Morgan fingerprint density at radius 1 is 1.12 bits per heavy atom. The SMILES string of the molecule is CCCC(C)NC(C)c1cc(F)cc(F)c1. The molecule has 1 nitrogen and oxygen atoms in total. The van der Waals surface area contributed by atoms with E-state index in [1.54, 1.807) is 0 Å². The van der Waals surface area contributed by atoms with Crippen LogP contribution in [0.3, 0.4) is 0 Å². The van der Waals surface area contributed by atoms with E-state index in [0.717, 1.165) is 18.9 Å². The maximum absolute atomic E-state index is 13.0. The summed E-state index contributed by atoms with van der Waals surface area (Å²) < 4.78 is 26.0. The van der Waals surface area contributed by atoms with Crippen molar-refractivity contribution in [1.82, 2.24) is 5.32 Å². The molecular formula is C13H19F2N. The van der Waals surface area contributed by atoms with Crippen LogP contribution >= 0.6 is 0 Å². The standard InChI is InChI=1S/C13H19F2N/c1-4-5-9(2)16-10(3)11-6-12(14)8-13(15)7-11/h6-10,16H,4-5H2,1-3H3. The highest BCUT2D eigenvalue weighted by Gasteiger charge is 2.10. The molecule has 1 aromatic carbocycles. The molecule has 2 unspecified atom stereocenters. The van der Waals surface area contributed by atoms with Crippen LogP contribution in [0.25, 0.3) is 0 Å². The van der Waals surface area contributed by atoms with Gasteiger partial charge in [0, 0.05) is 18.2 Å². The monoisotopic (exact) mass is 227 g/mol. The molecule has 0 aliphatic carbocycles. The largest absolute Gasteiger partial charge is 0.308 e. The Kier molecular flexibility index (Phi) is 4.87. The van der Waals surface area contributed by atoms with Crippen molar-refractivity contribution in [1.29, 1.82) is 0 Å². The first-order valence-corrected chi connectivity index (χ1v) is 5.75. The Bertz CT molecular complexity index is 318. The third kappa shape index (κ3) is 3.89. The first kappa shape index (κ1) is 13.1. The van der Waals surface area contributed by atoms with Crippen LogP contribution < -0.4 is 5.32 Å². The zero-order chi connectivity index (χ0) is 12.1. The van der Waals surface area contributed by atoms with Gasteiger partial charge < -0.3 is 5.32 Å². The van der Waals surface area contributed by atoms with Crippen molar-refractivity contribution in [2.45, 2.75) is 45.7 Å². The van der Waals surface area contributed by atoms with Gasteiger partial charge in [0.1, 0.15) is 11.6 Å². The molecule has 0 saturated heterocycles. The normalized spacial score (nSPS) is 14.8. The molecule has 0 aliphatic rings. The van der Waals surface area contributed by atoms with Gasteiger partial charge in [-0.1, -0.05) is 13.3 Å². The van der Waals surface area contributed by atoms with Crippen LogP contribution in [0.5, 0.6) is 0 Å². The smallest absolute Gasteiger partial charge is 0.126 e. The average Bonchev–Trinajstić information content (AvgIpc) is 2.16. The second-order valence-electron chi connectivity index (χ2n) is 4.28. The maximum Gasteiger partial charge on any atom is 0.126 e. The summed E-state index contributed by atoms with van der Waals surface area (Å²) in [5, 5.41) is 3.32. The summed E-state index contributed by atoms with van der Waals surface area (Å²) in [6.45, 7) is 6.11. The minimum Gasteiger partial charge on any atom is -0.308 e. The van der Waals surface area contributed by atoms with E-state index < -0.39 is 11.6 Å². The molecule has 2 atom stereocenters. The lowest BCUT2D eigenvalue weighted by atomic mass is 10.1. The van der Waals surface area contributed by atoms with Crippen LogP contribution in [-0.2, 0) is 0 Å². The summed E-state index contributed by atoms with van der Waals surface area (Å²) in [5.41, 5.74) is 0.653. The molecule has 0 bridgehead atoms. The van der Waals surface area contributed by atoms with Gasteiger partial charge in [-0.05, 0) is 38.0 Å². The highest BCUT2D eigenvalue weighted by Crippen LogP contribution is 2.17. The van der Waals surface area contributed by atoms with E-state index in [-0.39, 0.29) is 6.04 Å². The zero-order valence-electron chi connectivity index (χ0n) is 10.1. The number of halogens is 2. The Balaban J connectivity index is 2.68. The van der Waals surface area contributed by atoms with E-state index in [1.807, 2.05) is 6.92 Å². The average molecular weight is 227 g/mol. The zero-order valence-corrected chi connectivity index (χ0v) is 10.1. The summed E-state index contributed by atoms with van der Waals surface area (Å²) in [6.07, 6.45) is 2.15. The predicted molar refractivity (Wildman–Crippen MR) is 62.3 cm³/mol. The fourth-order valence-electron chi connectivity index (χ4n) is 1.86. The van der Waals surface area contributed by atoms with E-state index in [2.05, 4.69) is 19.2 Å². The Hall–Kier alpha value is -0.960. The van der Waals surface area contributed by atoms with Gasteiger partial charge in [0.2, 0.25) is 0 Å². The summed E-state index contributed by atoms with van der Waals surface area (Å²) in [7, 11) is 0. The van der Waals surface area contributed by atoms with Crippen molar-refractivity contribution in [3.8, 4) is 0 Å². The van der Waals surface area contributed by atoms with Crippen LogP contribution in [0, 0.1) is 11.6 Å². The quantitative estimate of drug-likeness (QED) is 0.806. The van der Waals surface area contributed by atoms with E-state index in [0.29, 0.717) is 11.6 Å². The predicted octanol–water partition coefficient (Wildman–Crippen LogP) is 3.80. The van der Waals surface area contributed by atoms with E-state index in [1.165, 1.54) is 12.1 Å². The minimum absolute atomic E-state index is 0.0354. The number of nitrogens with one attached hydrogen (secondary N) is 1. The number of hydrogen-bond donors (Lipinski definition) is 1. The molecule has 1 N–H and O–H groups in total. The van der Waals surface area contributed by atoms with Gasteiger partial charge in [0.25, 0.3) is 0 Å². The van der Waals surface area contributed by atoms with Gasteiger partial charge in [-0.15, -0.1) is 0 Å². The molecule has 0 spiro atoms. The Morgan fingerprint density at radius 2 is 1.69 bits per heavy atom.